The lowest BCUT2D eigenvalue weighted by Gasteiger charge is -2.32. The molecule has 1 aliphatic heterocycles. The number of carboxylic acid groups (broad SMARTS) is 1. The summed E-state index contributed by atoms with van der Waals surface area (Å²) in [5, 5.41) is 18.1. The molecule has 1 aromatic rings. The second-order valence-electron chi connectivity index (χ2n) is 4.83. The summed E-state index contributed by atoms with van der Waals surface area (Å²) in [4.78, 5) is 24.7. The zero-order valence-electron chi connectivity index (χ0n) is 11.5. The molecule has 1 amide bonds. The highest BCUT2D eigenvalue weighted by atomic mass is 16.5. The number of ether oxygens (including phenoxy) is 1. The van der Waals surface area contributed by atoms with Gasteiger partial charge in [0.25, 0.3) is 5.91 Å². The van der Waals surface area contributed by atoms with E-state index in [1.807, 2.05) is 6.07 Å². The highest BCUT2D eigenvalue weighted by Gasteiger charge is 2.31. The third kappa shape index (κ3) is 3.51. The minimum Gasteiger partial charge on any atom is -0.482 e. The Hall–Kier alpha value is -2.55. The highest BCUT2D eigenvalue weighted by molar-refractivity contribution is 5.84. The lowest BCUT2D eigenvalue weighted by Crippen LogP contribution is -2.49. The van der Waals surface area contributed by atoms with Crippen LogP contribution in [0.25, 0.3) is 0 Å². The molecule has 1 aliphatic rings. The van der Waals surface area contributed by atoms with Crippen molar-refractivity contribution in [1.82, 2.24) is 4.90 Å². The summed E-state index contributed by atoms with van der Waals surface area (Å²) in [6, 6.07) is 7.83. The van der Waals surface area contributed by atoms with Crippen LogP contribution in [0.5, 0.6) is 5.75 Å². The molecule has 1 aromatic carbocycles. The van der Waals surface area contributed by atoms with Crippen LogP contribution in [-0.2, 0) is 9.59 Å². The molecule has 2 rings (SSSR count). The summed E-state index contributed by atoms with van der Waals surface area (Å²) in [5.41, 5.74) is 0.346. The third-order valence-electron chi connectivity index (χ3n) is 3.47. The maximum Gasteiger partial charge on any atom is 0.326 e. The first-order chi connectivity index (χ1) is 10.1. The third-order valence-corrected chi connectivity index (χ3v) is 3.47. The van der Waals surface area contributed by atoms with Crippen LogP contribution in [0.2, 0.25) is 0 Å². The standard InChI is InChI=1S/C15H16N2O4/c16-9-11-5-1-2-7-13(11)21-10-14(18)17-8-4-3-6-12(17)15(19)20/h1-2,5,7,12H,3-4,6,8,10H2,(H,19,20)/t12-/m0/s1. The summed E-state index contributed by atoms with van der Waals surface area (Å²) < 4.78 is 5.36. The van der Waals surface area contributed by atoms with Gasteiger partial charge in [0, 0.05) is 6.54 Å². The van der Waals surface area contributed by atoms with Crippen LogP contribution in [0.15, 0.2) is 24.3 Å². The number of amides is 1. The first-order valence-electron chi connectivity index (χ1n) is 6.77. The van der Waals surface area contributed by atoms with E-state index in [2.05, 4.69) is 0 Å². The number of aliphatic carboxylic acids is 1. The molecule has 1 heterocycles. The van der Waals surface area contributed by atoms with Gasteiger partial charge in [-0.05, 0) is 31.4 Å². The molecule has 110 valence electrons. The van der Waals surface area contributed by atoms with Gasteiger partial charge in [-0.2, -0.15) is 5.26 Å². The number of hydrogen-bond acceptors (Lipinski definition) is 4. The molecule has 6 heteroatoms. The summed E-state index contributed by atoms with van der Waals surface area (Å²) in [5.74, 6) is -1.02. The predicted molar refractivity (Wildman–Crippen MR) is 73.6 cm³/mol. The topological polar surface area (TPSA) is 90.6 Å². The van der Waals surface area contributed by atoms with Crippen molar-refractivity contribution in [2.45, 2.75) is 25.3 Å². The Kier molecular flexibility index (Phi) is 4.77. The van der Waals surface area contributed by atoms with Gasteiger partial charge in [-0.25, -0.2) is 4.79 Å². The van der Waals surface area contributed by atoms with Crippen LogP contribution in [0, 0.1) is 11.3 Å². The number of nitriles is 1. The second-order valence-corrected chi connectivity index (χ2v) is 4.83. The van der Waals surface area contributed by atoms with Crippen LogP contribution in [0.4, 0.5) is 0 Å². The van der Waals surface area contributed by atoms with Crippen LogP contribution >= 0.6 is 0 Å². The number of benzene rings is 1. The van der Waals surface area contributed by atoms with E-state index in [4.69, 9.17) is 15.1 Å². The van der Waals surface area contributed by atoms with Crippen LogP contribution in [0.1, 0.15) is 24.8 Å². The molecule has 0 spiro atoms. The molecule has 0 radical (unpaired) electrons. The fraction of sp³-hybridized carbons (Fsp3) is 0.400. The van der Waals surface area contributed by atoms with Crippen LogP contribution < -0.4 is 4.74 Å². The number of carbonyl (C=O) groups is 2. The van der Waals surface area contributed by atoms with E-state index in [-0.39, 0.29) is 12.5 Å². The summed E-state index contributed by atoms with van der Waals surface area (Å²) in [7, 11) is 0. The summed E-state index contributed by atoms with van der Waals surface area (Å²) in [6.07, 6.45) is 2.07. The summed E-state index contributed by atoms with van der Waals surface area (Å²) >= 11 is 0. The number of rotatable bonds is 4. The Morgan fingerprint density at radius 3 is 2.86 bits per heavy atom. The van der Waals surface area contributed by atoms with Crippen molar-refractivity contribution in [1.29, 1.82) is 5.26 Å². The Morgan fingerprint density at radius 1 is 1.38 bits per heavy atom. The Morgan fingerprint density at radius 2 is 2.14 bits per heavy atom. The largest absolute Gasteiger partial charge is 0.482 e. The molecular formula is C15H16N2O4. The minimum atomic E-state index is -0.986. The van der Waals surface area contributed by atoms with Crippen molar-refractivity contribution in [2.24, 2.45) is 0 Å². The lowest BCUT2D eigenvalue weighted by atomic mass is 10.0. The zero-order chi connectivity index (χ0) is 15.2. The van der Waals surface area contributed by atoms with Gasteiger partial charge in [0.15, 0.2) is 6.61 Å². The molecule has 0 saturated carbocycles. The minimum absolute atomic E-state index is 0.261. The normalized spacial score (nSPS) is 17.9. The monoisotopic (exact) mass is 288 g/mol. The molecule has 0 bridgehead atoms. The van der Waals surface area contributed by atoms with Crippen molar-refractivity contribution < 1.29 is 19.4 Å². The van der Waals surface area contributed by atoms with Gasteiger partial charge < -0.3 is 14.7 Å². The number of likely N-dealkylation sites (tertiary alicyclic amines) is 1. The molecule has 0 unspecified atom stereocenters. The first kappa shape index (κ1) is 14.9. The van der Waals surface area contributed by atoms with Gasteiger partial charge in [0.1, 0.15) is 17.9 Å². The fourth-order valence-electron chi connectivity index (χ4n) is 2.39. The number of nitrogens with zero attached hydrogens (tertiary/aromatic N) is 2. The molecule has 1 N–H and O–H groups in total. The zero-order valence-corrected chi connectivity index (χ0v) is 11.5. The van der Waals surface area contributed by atoms with Crippen molar-refractivity contribution in [3.8, 4) is 11.8 Å². The predicted octanol–water partition coefficient (Wildman–Crippen LogP) is 1.40. The van der Waals surface area contributed by atoms with E-state index >= 15 is 0 Å². The maximum absolute atomic E-state index is 12.1. The van der Waals surface area contributed by atoms with Crippen molar-refractivity contribution in [3.63, 3.8) is 0 Å². The number of carbonyl (C=O) groups excluding carboxylic acids is 1. The molecule has 21 heavy (non-hydrogen) atoms. The van der Waals surface area contributed by atoms with Gasteiger partial charge in [0.05, 0.1) is 5.56 Å². The average Bonchev–Trinajstić information content (AvgIpc) is 2.52. The van der Waals surface area contributed by atoms with Gasteiger partial charge in [-0.3, -0.25) is 4.79 Å². The molecular weight excluding hydrogens is 272 g/mol. The lowest BCUT2D eigenvalue weighted by molar-refractivity contribution is -0.152. The number of carboxylic acids is 1. The Bertz CT molecular complexity index is 579. The second kappa shape index (κ2) is 6.75. The van der Waals surface area contributed by atoms with Crippen molar-refractivity contribution in [2.75, 3.05) is 13.2 Å². The van der Waals surface area contributed by atoms with E-state index in [0.717, 1.165) is 12.8 Å². The van der Waals surface area contributed by atoms with Crippen molar-refractivity contribution in [3.05, 3.63) is 29.8 Å². The van der Waals surface area contributed by atoms with Gasteiger partial charge in [0.2, 0.25) is 0 Å². The first-order valence-corrected chi connectivity index (χ1v) is 6.77. The smallest absolute Gasteiger partial charge is 0.326 e. The number of piperidine rings is 1. The fourth-order valence-corrected chi connectivity index (χ4v) is 2.39. The SMILES string of the molecule is N#Cc1ccccc1OCC(=O)N1CCCC[C@H]1C(=O)O. The molecule has 1 saturated heterocycles. The quantitative estimate of drug-likeness (QED) is 0.904. The number of hydrogen-bond donors (Lipinski definition) is 1. The highest BCUT2D eigenvalue weighted by Crippen LogP contribution is 2.19. The molecule has 0 aromatic heterocycles. The van der Waals surface area contributed by atoms with Crippen LogP contribution in [0.3, 0.4) is 0 Å². The average molecular weight is 288 g/mol. The van der Waals surface area contributed by atoms with E-state index in [1.165, 1.54) is 4.90 Å². The van der Waals surface area contributed by atoms with Gasteiger partial charge in [-0.1, -0.05) is 12.1 Å². The molecule has 1 atom stereocenters. The molecule has 1 fully saturated rings. The van der Waals surface area contributed by atoms with Gasteiger partial charge >= 0.3 is 5.97 Å². The van der Waals surface area contributed by atoms with Crippen molar-refractivity contribution >= 4 is 11.9 Å². The summed E-state index contributed by atoms with van der Waals surface area (Å²) in [6.45, 7) is 0.168. The molecule has 0 aliphatic carbocycles. The molecule has 6 nitrogen and oxygen atoms in total. The number of para-hydroxylation sites is 1. The van der Waals surface area contributed by atoms with Gasteiger partial charge in [-0.15, -0.1) is 0 Å². The van der Waals surface area contributed by atoms with Crippen LogP contribution in [-0.4, -0.2) is 41.1 Å². The Balaban J connectivity index is 2.01. The Labute approximate surface area is 122 Å². The van der Waals surface area contributed by atoms with E-state index in [9.17, 15) is 9.59 Å². The van der Waals surface area contributed by atoms with E-state index in [0.29, 0.717) is 24.3 Å². The maximum atomic E-state index is 12.1. The van der Waals surface area contributed by atoms with E-state index in [1.54, 1.807) is 24.3 Å². The van der Waals surface area contributed by atoms with E-state index < -0.39 is 12.0 Å².